The lowest BCUT2D eigenvalue weighted by molar-refractivity contribution is 0.0941. The van der Waals surface area contributed by atoms with E-state index in [1.54, 1.807) is 24.1 Å². The lowest BCUT2D eigenvalue weighted by Gasteiger charge is -2.09. The van der Waals surface area contributed by atoms with Crippen molar-refractivity contribution >= 4 is 5.91 Å². The molecule has 0 aliphatic heterocycles. The summed E-state index contributed by atoms with van der Waals surface area (Å²) in [5.41, 5.74) is 1.99. The molecule has 0 fully saturated rings. The van der Waals surface area contributed by atoms with Crippen molar-refractivity contribution in [3.05, 3.63) is 71.6 Å². The Bertz CT molecular complexity index is 989. The third-order valence-electron chi connectivity index (χ3n) is 3.95. The third kappa shape index (κ3) is 4.46. The molecule has 146 valence electrons. The molecule has 6 nitrogen and oxygen atoms in total. The molecule has 0 radical (unpaired) electrons. The summed E-state index contributed by atoms with van der Waals surface area (Å²) in [7, 11) is 1.57. The maximum atomic E-state index is 13.1. The molecule has 0 spiro atoms. The summed E-state index contributed by atoms with van der Waals surface area (Å²) in [6.07, 6.45) is 1.67. The SMILES string of the molecule is COc1ccc(C)cc1-n1ccc(C(=O)NCCOc2ccc(F)c(F)c2)n1. The molecule has 1 aromatic heterocycles. The molecule has 0 aliphatic rings. The number of hydrogen-bond acceptors (Lipinski definition) is 4. The number of benzene rings is 2. The van der Waals surface area contributed by atoms with Crippen LogP contribution in [0.25, 0.3) is 5.69 Å². The van der Waals surface area contributed by atoms with E-state index in [2.05, 4.69) is 10.4 Å². The number of halogens is 2. The molecule has 0 unspecified atom stereocenters. The number of carbonyl (C=O) groups is 1. The van der Waals surface area contributed by atoms with Gasteiger partial charge in [0, 0.05) is 12.3 Å². The van der Waals surface area contributed by atoms with Crippen LogP contribution in [0, 0.1) is 18.6 Å². The topological polar surface area (TPSA) is 65.4 Å². The summed E-state index contributed by atoms with van der Waals surface area (Å²) >= 11 is 0. The summed E-state index contributed by atoms with van der Waals surface area (Å²) in [5.74, 6) is -1.48. The average molecular weight is 387 g/mol. The maximum Gasteiger partial charge on any atom is 0.271 e. The highest BCUT2D eigenvalue weighted by Crippen LogP contribution is 2.23. The number of nitrogens with one attached hydrogen (secondary N) is 1. The van der Waals surface area contributed by atoms with Crippen molar-refractivity contribution in [2.45, 2.75) is 6.92 Å². The molecule has 0 saturated carbocycles. The van der Waals surface area contributed by atoms with Gasteiger partial charge < -0.3 is 14.8 Å². The number of carbonyl (C=O) groups excluding carboxylic acids is 1. The zero-order valence-corrected chi connectivity index (χ0v) is 15.4. The van der Waals surface area contributed by atoms with Gasteiger partial charge in [0.1, 0.15) is 23.8 Å². The van der Waals surface area contributed by atoms with Gasteiger partial charge in [0.2, 0.25) is 0 Å². The molecule has 1 heterocycles. The largest absolute Gasteiger partial charge is 0.494 e. The Hall–Kier alpha value is -3.42. The molecule has 1 amide bonds. The summed E-state index contributed by atoms with van der Waals surface area (Å²) in [6, 6.07) is 10.5. The van der Waals surface area contributed by atoms with Crippen LogP contribution < -0.4 is 14.8 Å². The summed E-state index contributed by atoms with van der Waals surface area (Å²) < 4.78 is 38.2. The summed E-state index contributed by atoms with van der Waals surface area (Å²) in [6.45, 7) is 2.23. The van der Waals surface area contributed by atoms with Crippen molar-refractivity contribution < 1.29 is 23.0 Å². The van der Waals surface area contributed by atoms with Crippen LogP contribution in [-0.4, -0.2) is 35.9 Å². The molecule has 28 heavy (non-hydrogen) atoms. The predicted molar refractivity (Wildman–Crippen MR) is 99.0 cm³/mol. The Morgan fingerprint density at radius 3 is 2.71 bits per heavy atom. The van der Waals surface area contributed by atoms with E-state index < -0.39 is 11.6 Å². The molecule has 3 aromatic rings. The molecule has 8 heteroatoms. The molecule has 0 atom stereocenters. The van der Waals surface area contributed by atoms with E-state index in [4.69, 9.17) is 9.47 Å². The Morgan fingerprint density at radius 1 is 1.14 bits per heavy atom. The first-order valence-electron chi connectivity index (χ1n) is 8.54. The maximum absolute atomic E-state index is 13.1. The molecule has 1 N–H and O–H groups in total. The van der Waals surface area contributed by atoms with Gasteiger partial charge >= 0.3 is 0 Å². The summed E-state index contributed by atoms with van der Waals surface area (Å²) in [4.78, 5) is 12.2. The molecule has 0 bridgehead atoms. The van der Waals surface area contributed by atoms with Crippen LogP contribution in [-0.2, 0) is 0 Å². The first-order valence-corrected chi connectivity index (χ1v) is 8.54. The number of methoxy groups -OCH3 is 1. The van der Waals surface area contributed by atoms with Gasteiger partial charge in [-0.05, 0) is 42.8 Å². The number of hydrogen-bond donors (Lipinski definition) is 1. The van der Waals surface area contributed by atoms with Crippen molar-refractivity contribution in [2.75, 3.05) is 20.3 Å². The van der Waals surface area contributed by atoms with Gasteiger partial charge in [-0.3, -0.25) is 4.79 Å². The van der Waals surface area contributed by atoms with E-state index >= 15 is 0 Å². The minimum Gasteiger partial charge on any atom is -0.494 e. The average Bonchev–Trinajstić information content (AvgIpc) is 3.18. The Kier molecular flexibility index (Phi) is 5.88. The first kappa shape index (κ1) is 19.3. The Morgan fingerprint density at radius 2 is 1.96 bits per heavy atom. The van der Waals surface area contributed by atoms with Crippen molar-refractivity contribution in [3.63, 3.8) is 0 Å². The van der Waals surface area contributed by atoms with Crippen molar-refractivity contribution in [1.82, 2.24) is 15.1 Å². The van der Waals surface area contributed by atoms with Gasteiger partial charge in [-0.25, -0.2) is 13.5 Å². The van der Waals surface area contributed by atoms with Crippen LogP contribution in [0.1, 0.15) is 16.1 Å². The smallest absolute Gasteiger partial charge is 0.271 e. The number of amides is 1. The Balaban J connectivity index is 1.57. The van der Waals surface area contributed by atoms with Gasteiger partial charge in [-0.2, -0.15) is 5.10 Å². The minimum atomic E-state index is -0.987. The molecular formula is C20H19F2N3O3. The standard InChI is InChI=1S/C20H19F2N3O3/c1-13-3-6-19(27-2)18(11-13)25-9-7-17(24-25)20(26)23-8-10-28-14-4-5-15(21)16(22)12-14/h3-7,9,11-12H,8,10H2,1-2H3,(H,23,26). The number of aryl methyl sites for hydroxylation is 1. The van der Waals surface area contributed by atoms with Crippen LogP contribution in [0.2, 0.25) is 0 Å². The van der Waals surface area contributed by atoms with Gasteiger partial charge in [-0.1, -0.05) is 6.07 Å². The van der Waals surface area contributed by atoms with Gasteiger partial charge in [0.05, 0.1) is 13.7 Å². The molecular weight excluding hydrogens is 368 g/mol. The number of rotatable bonds is 7. The highest BCUT2D eigenvalue weighted by Gasteiger charge is 2.12. The number of nitrogens with zero attached hydrogens (tertiary/aromatic N) is 2. The van der Waals surface area contributed by atoms with Crippen molar-refractivity contribution in [3.8, 4) is 17.2 Å². The highest BCUT2D eigenvalue weighted by atomic mass is 19.2. The Labute approximate surface area is 160 Å². The third-order valence-corrected chi connectivity index (χ3v) is 3.95. The van der Waals surface area contributed by atoms with Crippen LogP contribution in [0.15, 0.2) is 48.7 Å². The lowest BCUT2D eigenvalue weighted by atomic mass is 10.2. The molecule has 3 rings (SSSR count). The molecule has 0 saturated heterocycles. The molecule has 2 aromatic carbocycles. The van der Waals surface area contributed by atoms with E-state index in [-0.39, 0.29) is 30.5 Å². The van der Waals surface area contributed by atoms with E-state index in [1.165, 1.54) is 6.07 Å². The second kappa shape index (κ2) is 8.51. The zero-order valence-electron chi connectivity index (χ0n) is 15.4. The van der Waals surface area contributed by atoms with Crippen LogP contribution >= 0.6 is 0 Å². The van der Waals surface area contributed by atoms with Gasteiger partial charge in [0.15, 0.2) is 17.3 Å². The fraction of sp³-hybridized carbons (Fsp3) is 0.200. The highest BCUT2D eigenvalue weighted by molar-refractivity contribution is 5.92. The lowest BCUT2D eigenvalue weighted by Crippen LogP contribution is -2.28. The number of ether oxygens (including phenoxy) is 2. The minimum absolute atomic E-state index is 0.100. The fourth-order valence-corrected chi connectivity index (χ4v) is 2.55. The monoisotopic (exact) mass is 387 g/mol. The zero-order chi connectivity index (χ0) is 20.1. The van der Waals surface area contributed by atoms with E-state index in [0.29, 0.717) is 5.75 Å². The van der Waals surface area contributed by atoms with E-state index in [1.807, 2.05) is 25.1 Å². The van der Waals surface area contributed by atoms with Crippen molar-refractivity contribution in [2.24, 2.45) is 0 Å². The van der Waals surface area contributed by atoms with E-state index in [0.717, 1.165) is 23.4 Å². The van der Waals surface area contributed by atoms with E-state index in [9.17, 15) is 13.6 Å². The normalized spacial score (nSPS) is 10.6. The van der Waals surface area contributed by atoms with Gasteiger partial charge in [0.25, 0.3) is 5.91 Å². The number of aromatic nitrogens is 2. The van der Waals surface area contributed by atoms with Crippen LogP contribution in [0.4, 0.5) is 8.78 Å². The second-order valence-corrected chi connectivity index (χ2v) is 6.00. The second-order valence-electron chi connectivity index (χ2n) is 6.00. The van der Waals surface area contributed by atoms with Crippen LogP contribution in [0.5, 0.6) is 11.5 Å². The fourth-order valence-electron chi connectivity index (χ4n) is 2.55. The first-order chi connectivity index (χ1) is 13.5. The predicted octanol–water partition coefficient (Wildman–Crippen LogP) is 3.28. The van der Waals surface area contributed by atoms with Gasteiger partial charge in [-0.15, -0.1) is 0 Å². The molecule has 0 aliphatic carbocycles. The quantitative estimate of drug-likeness (QED) is 0.632. The summed E-state index contributed by atoms with van der Waals surface area (Å²) in [5, 5.41) is 6.94. The van der Waals surface area contributed by atoms with Crippen molar-refractivity contribution in [1.29, 1.82) is 0 Å². The van der Waals surface area contributed by atoms with Crippen LogP contribution in [0.3, 0.4) is 0 Å².